The van der Waals surface area contributed by atoms with Crippen molar-refractivity contribution in [2.45, 2.75) is 27.2 Å². The number of hydrogen-bond donors (Lipinski definition) is 2. The molecule has 0 unspecified atom stereocenters. The minimum absolute atomic E-state index is 0.576. The summed E-state index contributed by atoms with van der Waals surface area (Å²) < 4.78 is 13.1. The lowest BCUT2D eigenvalue weighted by Crippen LogP contribution is -2.30. The minimum atomic E-state index is 0.576. The van der Waals surface area contributed by atoms with E-state index in [0.717, 1.165) is 36.0 Å². The topological polar surface area (TPSA) is 72.2 Å². The summed E-state index contributed by atoms with van der Waals surface area (Å²) >= 11 is 0. The number of methoxy groups -OCH3 is 1. The Kier molecular flexibility index (Phi) is 6.94. The fourth-order valence-electron chi connectivity index (χ4n) is 3.07. The second-order valence-electron chi connectivity index (χ2n) is 6.59. The Labute approximate surface area is 171 Å². The number of anilines is 1. The molecule has 0 spiro atoms. The molecule has 0 aliphatic heterocycles. The van der Waals surface area contributed by atoms with Crippen molar-refractivity contribution in [2.75, 3.05) is 32.1 Å². The van der Waals surface area contributed by atoms with E-state index in [-0.39, 0.29) is 0 Å². The summed E-state index contributed by atoms with van der Waals surface area (Å²) in [5, 5.41) is 6.60. The number of hydrogen-bond acceptors (Lipinski definition) is 4. The van der Waals surface area contributed by atoms with Crippen LogP contribution in [0.1, 0.15) is 25.1 Å². The lowest BCUT2D eigenvalue weighted by atomic mass is 10.2. The first kappa shape index (κ1) is 20.5. The van der Waals surface area contributed by atoms with Gasteiger partial charge in [0.2, 0.25) is 0 Å². The Bertz CT molecular complexity index is 980. The second kappa shape index (κ2) is 9.82. The van der Waals surface area contributed by atoms with Gasteiger partial charge in [-0.15, -0.1) is 0 Å². The number of pyridine rings is 1. The number of ether oxygens (including phenoxy) is 2. The molecular formula is C22H29N5O2. The Balaban J connectivity index is 1.69. The summed E-state index contributed by atoms with van der Waals surface area (Å²) in [6, 6.07) is 9.85. The molecule has 2 N–H and O–H groups in total. The molecule has 29 heavy (non-hydrogen) atoms. The fraction of sp³-hybridized carbons (Fsp3) is 0.364. The maximum Gasteiger partial charge on any atom is 0.195 e. The van der Waals surface area contributed by atoms with Crippen molar-refractivity contribution in [3.05, 3.63) is 54.0 Å². The van der Waals surface area contributed by atoms with Crippen molar-refractivity contribution in [2.24, 2.45) is 4.99 Å². The third-order valence-corrected chi connectivity index (χ3v) is 4.44. The zero-order chi connectivity index (χ0) is 20.6. The smallest absolute Gasteiger partial charge is 0.195 e. The standard InChI is InChI=1S/C22H29N5O2/c1-5-23-22(26-17-9-10-19(28-4)20(14-17)29-6-2)24-12-11-18-15-27-13-7-8-16(3)21(27)25-18/h7-10,13-15H,5-6,11-12H2,1-4H3,(H2,23,24,26). The number of nitrogens with one attached hydrogen (secondary N) is 2. The zero-order valence-electron chi connectivity index (χ0n) is 17.5. The van der Waals surface area contributed by atoms with Crippen LogP contribution in [0.2, 0.25) is 0 Å². The first-order valence-corrected chi connectivity index (χ1v) is 9.94. The van der Waals surface area contributed by atoms with Crippen LogP contribution >= 0.6 is 0 Å². The average Bonchev–Trinajstić information content (AvgIpc) is 3.13. The number of nitrogens with zero attached hydrogens (tertiary/aromatic N) is 3. The summed E-state index contributed by atoms with van der Waals surface area (Å²) in [6.45, 7) is 8.05. The zero-order valence-corrected chi connectivity index (χ0v) is 17.5. The van der Waals surface area contributed by atoms with E-state index in [4.69, 9.17) is 14.5 Å². The molecule has 2 heterocycles. The SMILES string of the molecule is CCNC(=NCCc1cn2cccc(C)c2n1)Nc1ccc(OC)c(OCC)c1. The summed E-state index contributed by atoms with van der Waals surface area (Å²) in [5.74, 6) is 2.14. The molecule has 7 nitrogen and oxygen atoms in total. The van der Waals surface area contributed by atoms with Gasteiger partial charge in [0.25, 0.3) is 0 Å². The largest absolute Gasteiger partial charge is 0.493 e. The van der Waals surface area contributed by atoms with Crippen LogP contribution in [0.15, 0.2) is 47.7 Å². The molecule has 7 heteroatoms. The van der Waals surface area contributed by atoms with Crippen LogP contribution < -0.4 is 20.1 Å². The molecule has 0 bridgehead atoms. The Morgan fingerprint density at radius 1 is 1.21 bits per heavy atom. The summed E-state index contributed by atoms with van der Waals surface area (Å²) in [4.78, 5) is 9.40. The van der Waals surface area contributed by atoms with E-state index in [2.05, 4.69) is 39.2 Å². The number of aliphatic imine (C=N–C) groups is 1. The predicted octanol–water partition coefficient (Wildman–Crippen LogP) is 3.67. The Hall–Kier alpha value is -3.22. The lowest BCUT2D eigenvalue weighted by Gasteiger charge is -2.14. The van der Waals surface area contributed by atoms with E-state index < -0.39 is 0 Å². The van der Waals surface area contributed by atoms with Gasteiger partial charge >= 0.3 is 0 Å². The second-order valence-corrected chi connectivity index (χ2v) is 6.59. The third kappa shape index (κ3) is 5.19. The van der Waals surface area contributed by atoms with Gasteiger partial charge in [-0.25, -0.2) is 4.98 Å². The highest BCUT2D eigenvalue weighted by molar-refractivity contribution is 5.93. The molecule has 154 valence electrons. The first-order chi connectivity index (χ1) is 14.1. The molecule has 0 fully saturated rings. The van der Waals surface area contributed by atoms with E-state index in [1.165, 1.54) is 5.56 Å². The summed E-state index contributed by atoms with van der Waals surface area (Å²) in [7, 11) is 1.64. The molecular weight excluding hydrogens is 366 g/mol. The van der Waals surface area contributed by atoms with Crippen LogP contribution in [-0.4, -0.2) is 42.2 Å². The minimum Gasteiger partial charge on any atom is -0.493 e. The third-order valence-electron chi connectivity index (χ3n) is 4.44. The van der Waals surface area contributed by atoms with Crippen molar-refractivity contribution in [3.8, 4) is 11.5 Å². The van der Waals surface area contributed by atoms with E-state index in [0.29, 0.717) is 24.7 Å². The number of fused-ring (bicyclic) bond motifs is 1. The number of aryl methyl sites for hydroxylation is 1. The van der Waals surface area contributed by atoms with E-state index >= 15 is 0 Å². The maximum absolute atomic E-state index is 5.65. The van der Waals surface area contributed by atoms with Gasteiger partial charge in [0.15, 0.2) is 17.5 Å². The van der Waals surface area contributed by atoms with Gasteiger partial charge in [-0.1, -0.05) is 6.07 Å². The van der Waals surface area contributed by atoms with Gasteiger partial charge in [-0.05, 0) is 44.5 Å². The molecule has 3 aromatic rings. The number of benzene rings is 1. The Morgan fingerprint density at radius 3 is 2.79 bits per heavy atom. The molecule has 1 aromatic carbocycles. The van der Waals surface area contributed by atoms with Crippen LogP contribution in [0.5, 0.6) is 11.5 Å². The van der Waals surface area contributed by atoms with E-state index in [9.17, 15) is 0 Å². The van der Waals surface area contributed by atoms with E-state index in [1.54, 1.807) is 7.11 Å². The Morgan fingerprint density at radius 2 is 2.07 bits per heavy atom. The van der Waals surface area contributed by atoms with E-state index in [1.807, 2.05) is 44.3 Å². The molecule has 0 saturated heterocycles. The predicted molar refractivity (Wildman–Crippen MR) is 117 cm³/mol. The quantitative estimate of drug-likeness (QED) is 0.450. The van der Waals surface area contributed by atoms with Gasteiger partial charge in [-0.3, -0.25) is 4.99 Å². The van der Waals surface area contributed by atoms with Crippen LogP contribution in [0.3, 0.4) is 0 Å². The number of rotatable bonds is 8. The van der Waals surface area contributed by atoms with Crippen LogP contribution in [0.25, 0.3) is 5.65 Å². The maximum atomic E-state index is 5.65. The number of guanidine groups is 1. The molecule has 3 rings (SSSR count). The molecule has 0 atom stereocenters. The summed E-state index contributed by atoms with van der Waals surface area (Å²) in [5.41, 5.74) is 4.08. The monoisotopic (exact) mass is 395 g/mol. The molecule has 2 aromatic heterocycles. The van der Waals surface area contributed by atoms with Gasteiger partial charge in [0, 0.05) is 43.7 Å². The highest BCUT2D eigenvalue weighted by Gasteiger charge is 2.08. The lowest BCUT2D eigenvalue weighted by molar-refractivity contribution is 0.311. The van der Waals surface area contributed by atoms with Crippen LogP contribution in [0, 0.1) is 6.92 Å². The van der Waals surface area contributed by atoms with Crippen molar-refractivity contribution < 1.29 is 9.47 Å². The van der Waals surface area contributed by atoms with Crippen LogP contribution in [-0.2, 0) is 6.42 Å². The molecule has 0 saturated carbocycles. The average molecular weight is 396 g/mol. The first-order valence-electron chi connectivity index (χ1n) is 9.94. The van der Waals surface area contributed by atoms with Crippen molar-refractivity contribution in [3.63, 3.8) is 0 Å². The van der Waals surface area contributed by atoms with Crippen molar-refractivity contribution >= 4 is 17.3 Å². The molecule has 0 aliphatic rings. The van der Waals surface area contributed by atoms with Gasteiger partial charge in [0.1, 0.15) is 5.65 Å². The van der Waals surface area contributed by atoms with Crippen molar-refractivity contribution in [1.29, 1.82) is 0 Å². The van der Waals surface area contributed by atoms with Gasteiger partial charge in [0.05, 0.1) is 19.4 Å². The normalized spacial score (nSPS) is 11.5. The fourth-order valence-corrected chi connectivity index (χ4v) is 3.07. The molecule has 0 aliphatic carbocycles. The summed E-state index contributed by atoms with van der Waals surface area (Å²) in [6.07, 6.45) is 4.86. The molecule has 0 radical (unpaired) electrons. The highest BCUT2D eigenvalue weighted by atomic mass is 16.5. The van der Waals surface area contributed by atoms with Crippen molar-refractivity contribution in [1.82, 2.24) is 14.7 Å². The van der Waals surface area contributed by atoms with Gasteiger partial charge in [-0.2, -0.15) is 0 Å². The number of imidazole rings is 1. The highest BCUT2D eigenvalue weighted by Crippen LogP contribution is 2.30. The number of aromatic nitrogens is 2. The van der Waals surface area contributed by atoms with Crippen LogP contribution in [0.4, 0.5) is 5.69 Å². The van der Waals surface area contributed by atoms with Gasteiger partial charge < -0.3 is 24.5 Å². The molecule has 0 amide bonds.